The average Bonchev–Trinajstić information content (AvgIpc) is 2.52. The Kier molecular flexibility index (Phi) is 4.52. The van der Waals surface area contributed by atoms with E-state index in [0.717, 1.165) is 11.6 Å². The van der Waals surface area contributed by atoms with Crippen molar-refractivity contribution in [2.45, 2.75) is 6.61 Å². The second-order valence-electron chi connectivity index (χ2n) is 4.27. The standard InChI is InChI=1S/C16H12FNO3/c1-20-16-3-2-11(4-13(16)8-18)10-21-15-6-12(9-19)5-14(17)7-15/h2-7,9H,10H2,1H3. The lowest BCUT2D eigenvalue weighted by Crippen LogP contribution is -1.98. The fourth-order valence-corrected chi connectivity index (χ4v) is 1.83. The summed E-state index contributed by atoms with van der Waals surface area (Å²) in [6.07, 6.45) is 0.553. The molecule has 0 aliphatic carbocycles. The van der Waals surface area contributed by atoms with Crippen LogP contribution in [0.4, 0.5) is 4.39 Å². The van der Waals surface area contributed by atoms with Crippen LogP contribution in [-0.4, -0.2) is 13.4 Å². The van der Waals surface area contributed by atoms with Crippen molar-refractivity contribution in [2.24, 2.45) is 0 Å². The zero-order valence-electron chi connectivity index (χ0n) is 11.3. The van der Waals surface area contributed by atoms with E-state index in [0.29, 0.717) is 17.6 Å². The van der Waals surface area contributed by atoms with Gasteiger partial charge in [0.05, 0.1) is 12.7 Å². The summed E-state index contributed by atoms with van der Waals surface area (Å²) in [5.74, 6) is 0.198. The molecule has 0 radical (unpaired) electrons. The third kappa shape index (κ3) is 3.57. The number of methoxy groups -OCH3 is 1. The summed E-state index contributed by atoms with van der Waals surface area (Å²) < 4.78 is 23.7. The summed E-state index contributed by atoms with van der Waals surface area (Å²) >= 11 is 0. The molecule has 0 N–H and O–H groups in total. The summed E-state index contributed by atoms with van der Waals surface area (Å²) in [6.45, 7) is 0.153. The molecular formula is C16H12FNO3. The van der Waals surface area contributed by atoms with E-state index in [1.807, 2.05) is 6.07 Å². The second kappa shape index (κ2) is 6.53. The lowest BCUT2D eigenvalue weighted by atomic mass is 10.1. The van der Waals surface area contributed by atoms with Gasteiger partial charge in [-0.15, -0.1) is 0 Å². The zero-order chi connectivity index (χ0) is 15.2. The second-order valence-corrected chi connectivity index (χ2v) is 4.27. The van der Waals surface area contributed by atoms with Crippen LogP contribution in [0.2, 0.25) is 0 Å². The Labute approximate surface area is 121 Å². The van der Waals surface area contributed by atoms with Crippen molar-refractivity contribution < 1.29 is 18.7 Å². The first-order chi connectivity index (χ1) is 10.2. The van der Waals surface area contributed by atoms with Crippen molar-refractivity contribution in [1.82, 2.24) is 0 Å². The van der Waals surface area contributed by atoms with E-state index >= 15 is 0 Å². The number of halogens is 1. The number of nitriles is 1. The summed E-state index contributed by atoms with van der Waals surface area (Å²) in [7, 11) is 1.49. The summed E-state index contributed by atoms with van der Waals surface area (Å²) in [4.78, 5) is 10.7. The van der Waals surface area contributed by atoms with E-state index in [1.165, 1.54) is 19.2 Å². The molecule has 0 aliphatic heterocycles. The van der Waals surface area contributed by atoms with Crippen LogP contribution in [0.1, 0.15) is 21.5 Å². The van der Waals surface area contributed by atoms with E-state index in [4.69, 9.17) is 14.7 Å². The predicted octanol–water partition coefficient (Wildman–Crippen LogP) is 3.10. The van der Waals surface area contributed by atoms with Crippen molar-refractivity contribution in [3.05, 3.63) is 58.9 Å². The SMILES string of the molecule is COc1ccc(COc2cc(F)cc(C=O)c2)cc1C#N. The van der Waals surface area contributed by atoms with Crippen LogP contribution in [0.3, 0.4) is 0 Å². The Morgan fingerprint density at radius 3 is 2.76 bits per heavy atom. The summed E-state index contributed by atoms with van der Waals surface area (Å²) in [5.41, 5.74) is 1.34. The Hall–Kier alpha value is -2.87. The Morgan fingerprint density at radius 2 is 2.10 bits per heavy atom. The third-order valence-corrected chi connectivity index (χ3v) is 2.82. The van der Waals surface area contributed by atoms with Crippen molar-refractivity contribution in [1.29, 1.82) is 5.26 Å². The molecule has 0 amide bonds. The van der Waals surface area contributed by atoms with Crippen molar-refractivity contribution in [2.75, 3.05) is 7.11 Å². The minimum Gasteiger partial charge on any atom is -0.495 e. The minimum absolute atomic E-state index is 0.153. The molecule has 0 saturated heterocycles. The molecule has 106 valence electrons. The van der Waals surface area contributed by atoms with E-state index < -0.39 is 5.82 Å². The molecule has 21 heavy (non-hydrogen) atoms. The van der Waals surface area contributed by atoms with E-state index in [-0.39, 0.29) is 17.9 Å². The molecular weight excluding hydrogens is 273 g/mol. The van der Waals surface area contributed by atoms with Crippen molar-refractivity contribution in [3.63, 3.8) is 0 Å². The zero-order valence-corrected chi connectivity index (χ0v) is 11.3. The molecule has 0 spiro atoms. The van der Waals surface area contributed by atoms with E-state index in [1.54, 1.807) is 18.2 Å². The van der Waals surface area contributed by atoms with Gasteiger partial charge in [-0.3, -0.25) is 4.79 Å². The molecule has 0 fully saturated rings. The predicted molar refractivity (Wildman–Crippen MR) is 73.8 cm³/mol. The highest BCUT2D eigenvalue weighted by Crippen LogP contribution is 2.21. The van der Waals surface area contributed by atoms with Crippen LogP contribution in [0.25, 0.3) is 0 Å². The fourth-order valence-electron chi connectivity index (χ4n) is 1.83. The van der Waals surface area contributed by atoms with Gasteiger partial charge in [0, 0.05) is 11.6 Å². The maximum atomic E-state index is 13.3. The van der Waals surface area contributed by atoms with Crippen molar-refractivity contribution in [3.8, 4) is 17.6 Å². The van der Waals surface area contributed by atoms with Gasteiger partial charge in [0.2, 0.25) is 0 Å². The molecule has 5 heteroatoms. The number of hydrogen-bond donors (Lipinski definition) is 0. The molecule has 0 unspecified atom stereocenters. The molecule has 2 rings (SSSR count). The van der Waals surface area contributed by atoms with Gasteiger partial charge < -0.3 is 9.47 Å². The summed E-state index contributed by atoms with van der Waals surface area (Å²) in [6, 6.07) is 10.9. The lowest BCUT2D eigenvalue weighted by molar-refractivity contribution is 0.112. The first-order valence-corrected chi connectivity index (χ1v) is 6.12. The van der Waals surface area contributed by atoms with Crippen LogP contribution in [0.5, 0.6) is 11.5 Å². The fraction of sp³-hybridized carbons (Fsp3) is 0.125. The highest BCUT2D eigenvalue weighted by atomic mass is 19.1. The lowest BCUT2D eigenvalue weighted by Gasteiger charge is -2.09. The first kappa shape index (κ1) is 14.5. The van der Waals surface area contributed by atoms with Gasteiger partial charge >= 0.3 is 0 Å². The third-order valence-electron chi connectivity index (χ3n) is 2.82. The summed E-state index contributed by atoms with van der Waals surface area (Å²) in [5, 5.41) is 9.00. The van der Waals surface area contributed by atoms with Crippen LogP contribution >= 0.6 is 0 Å². The molecule has 0 aliphatic rings. The highest BCUT2D eigenvalue weighted by Gasteiger charge is 2.06. The van der Waals surface area contributed by atoms with Crippen molar-refractivity contribution >= 4 is 6.29 Å². The number of hydrogen-bond acceptors (Lipinski definition) is 4. The Bertz CT molecular complexity index is 707. The molecule has 0 atom stereocenters. The number of carbonyl (C=O) groups is 1. The van der Waals surface area contributed by atoms with Gasteiger partial charge in [0.25, 0.3) is 0 Å². The number of aldehydes is 1. The van der Waals surface area contributed by atoms with Gasteiger partial charge in [-0.05, 0) is 29.8 Å². The molecule has 2 aromatic rings. The molecule has 2 aromatic carbocycles. The molecule has 4 nitrogen and oxygen atoms in total. The average molecular weight is 285 g/mol. The number of benzene rings is 2. The van der Waals surface area contributed by atoms with Gasteiger partial charge in [-0.1, -0.05) is 6.07 Å². The minimum atomic E-state index is -0.540. The number of carbonyl (C=O) groups excluding carboxylic acids is 1. The number of rotatable bonds is 5. The number of nitrogens with zero attached hydrogens (tertiary/aromatic N) is 1. The number of ether oxygens (including phenoxy) is 2. The van der Waals surface area contributed by atoms with Gasteiger partial charge in [0.1, 0.15) is 36.3 Å². The topological polar surface area (TPSA) is 59.3 Å². The van der Waals surface area contributed by atoms with Gasteiger partial charge in [-0.2, -0.15) is 5.26 Å². The van der Waals surface area contributed by atoms with E-state index in [2.05, 4.69) is 0 Å². The van der Waals surface area contributed by atoms with Crippen LogP contribution in [-0.2, 0) is 6.61 Å². The largest absolute Gasteiger partial charge is 0.495 e. The first-order valence-electron chi connectivity index (χ1n) is 6.12. The quantitative estimate of drug-likeness (QED) is 0.792. The molecule has 0 bridgehead atoms. The van der Waals surface area contributed by atoms with Crippen LogP contribution < -0.4 is 9.47 Å². The maximum absolute atomic E-state index is 13.3. The van der Waals surface area contributed by atoms with Crippen LogP contribution in [0.15, 0.2) is 36.4 Å². The molecule has 0 aromatic heterocycles. The normalized spacial score (nSPS) is 9.76. The maximum Gasteiger partial charge on any atom is 0.150 e. The monoisotopic (exact) mass is 285 g/mol. The highest BCUT2D eigenvalue weighted by molar-refractivity contribution is 5.75. The Morgan fingerprint density at radius 1 is 1.29 bits per heavy atom. The van der Waals surface area contributed by atoms with Crippen LogP contribution in [0, 0.1) is 17.1 Å². The molecule has 0 saturated carbocycles. The van der Waals surface area contributed by atoms with Gasteiger partial charge in [0.15, 0.2) is 0 Å². The Balaban J connectivity index is 2.15. The van der Waals surface area contributed by atoms with E-state index in [9.17, 15) is 9.18 Å². The van der Waals surface area contributed by atoms with Gasteiger partial charge in [-0.25, -0.2) is 4.39 Å². The molecule has 0 heterocycles. The smallest absolute Gasteiger partial charge is 0.150 e.